The fraction of sp³-hybridized carbons (Fsp3) is 0.846. The molecule has 1 saturated carbocycles. The van der Waals surface area contributed by atoms with Gasteiger partial charge in [0.2, 0.25) is 0 Å². The third kappa shape index (κ3) is 1.42. The average molecular weight is 194 g/mol. The van der Waals surface area contributed by atoms with Gasteiger partial charge in [-0.25, -0.2) is 0 Å². The summed E-state index contributed by atoms with van der Waals surface area (Å²) in [6, 6.07) is 0. The van der Waals surface area contributed by atoms with Gasteiger partial charge in [0.1, 0.15) is 0 Å². The topological polar surface area (TPSA) is 20.2 Å². The van der Waals surface area contributed by atoms with E-state index in [0.717, 1.165) is 12.8 Å². The number of fused-ring (bicyclic) bond motifs is 2. The van der Waals surface area contributed by atoms with Gasteiger partial charge in [-0.15, -0.1) is 0 Å². The highest BCUT2D eigenvalue weighted by Crippen LogP contribution is 2.51. The van der Waals surface area contributed by atoms with Gasteiger partial charge in [0.25, 0.3) is 0 Å². The van der Waals surface area contributed by atoms with E-state index in [0.29, 0.717) is 17.3 Å². The predicted octanol–water partition coefficient (Wildman–Crippen LogP) is 3.14. The molecule has 0 aromatic heterocycles. The lowest BCUT2D eigenvalue weighted by atomic mass is 9.57. The number of allylic oxidation sites excluding steroid dienone is 1. The standard InChI is InChI=1S/C13H22O/c1-4-13(3)9(2)5-10-6-11(13)8-12(14)7-10/h5,9,11-12,14H,4,6-8H2,1-3H3. The molecule has 0 spiro atoms. The van der Waals surface area contributed by atoms with E-state index < -0.39 is 0 Å². The molecule has 1 N–H and O–H groups in total. The van der Waals surface area contributed by atoms with Gasteiger partial charge in [0.05, 0.1) is 6.10 Å². The minimum absolute atomic E-state index is 0.0709. The molecule has 2 bridgehead atoms. The quantitative estimate of drug-likeness (QED) is 0.636. The average Bonchev–Trinajstić information content (AvgIpc) is 2.13. The summed E-state index contributed by atoms with van der Waals surface area (Å²) in [6.45, 7) is 7.03. The molecule has 2 rings (SSSR count). The minimum atomic E-state index is -0.0709. The maximum absolute atomic E-state index is 9.79. The number of aliphatic hydroxyl groups is 1. The van der Waals surface area contributed by atoms with Crippen LogP contribution in [0.15, 0.2) is 11.6 Å². The summed E-state index contributed by atoms with van der Waals surface area (Å²) < 4.78 is 0. The van der Waals surface area contributed by atoms with Crippen molar-refractivity contribution in [3.05, 3.63) is 11.6 Å². The summed E-state index contributed by atoms with van der Waals surface area (Å²) in [4.78, 5) is 0. The van der Waals surface area contributed by atoms with Crippen LogP contribution in [-0.2, 0) is 0 Å². The second-order valence-electron chi connectivity index (χ2n) is 5.47. The Bertz CT molecular complexity index is 256. The molecule has 1 fully saturated rings. The zero-order valence-corrected chi connectivity index (χ0v) is 9.59. The van der Waals surface area contributed by atoms with Gasteiger partial charge in [-0.3, -0.25) is 0 Å². The molecule has 4 atom stereocenters. The zero-order valence-electron chi connectivity index (χ0n) is 9.59. The second-order valence-corrected chi connectivity index (χ2v) is 5.47. The van der Waals surface area contributed by atoms with Crippen LogP contribution in [0, 0.1) is 17.3 Å². The SMILES string of the molecule is CCC1(C)C(C)C=C2CC(O)CC1C2. The van der Waals surface area contributed by atoms with E-state index in [1.807, 2.05) is 0 Å². The van der Waals surface area contributed by atoms with E-state index in [1.54, 1.807) is 0 Å². The van der Waals surface area contributed by atoms with Crippen LogP contribution in [0.5, 0.6) is 0 Å². The number of hydrogen-bond donors (Lipinski definition) is 1. The van der Waals surface area contributed by atoms with Crippen molar-refractivity contribution < 1.29 is 5.11 Å². The summed E-state index contributed by atoms with van der Waals surface area (Å²) in [5.74, 6) is 1.40. The summed E-state index contributed by atoms with van der Waals surface area (Å²) >= 11 is 0. The molecule has 1 nitrogen and oxygen atoms in total. The molecule has 0 radical (unpaired) electrons. The maximum Gasteiger partial charge on any atom is 0.0580 e. The Labute approximate surface area is 87.2 Å². The van der Waals surface area contributed by atoms with Crippen LogP contribution in [0.3, 0.4) is 0 Å². The van der Waals surface area contributed by atoms with E-state index in [1.165, 1.54) is 18.4 Å². The molecule has 1 heteroatoms. The molecular formula is C13H22O. The zero-order chi connectivity index (χ0) is 10.3. The molecule has 80 valence electrons. The van der Waals surface area contributed by atoms with Gasteiger partial charge in [0, 0.05) is 0 Å². The summed E-state index contributed by atoms with van der Waals surface area (Å²) in [5.41, 5.74) is 1.93. The lowest BCUT2D eigenvalue weighted by Crippen LogP contribution is -2.41. The van der Waals surface area contributed by atoms with Crippen molar-refractivity contribution in [2.24, 2.45) is 17.3 Å². The van der Waals surface area contributed by atoms with Crippen molar-refractivity contribution in [1.82, 2.24) is 0 Å². The predicted molar refractivity (Wildman–Crippen MR) is 59.0 cm³/mol. The van der Waals surface area contributed by atoms with E-state index in [2.05, 4.69) is 26.8 Å². The molecular weight excluding hydrogens is 172 g/mol. The molecule has 0 aromatic rings. The fourth-order valence-electron chi connectivity index (χ4n) is 3.36. The summed E-state index contributed by atoms with van der Waals surface area (Å²) in [5, 5.41) is 9.79. The van der Waals surface area contributed by atoms with Crippen molar-refractivity contribution in [3.63, 3.8) is 0 Å². The Morgan fingerprint density at radius 1 is 1.50 bits per heavy atom. The van der Waals surface area contributed by atoms with E-state index in [4.69, 9.17) is 0 Å². The van der Waals surface area contributed by atoms with E-state index in [9.17, 15) is 5.11 Å². The molecule has 2 aliphatic rings. The van der Waals surface area contributed by atoms with Gasteiger partial charge < -0.3 is 5.11 Å². The molecule has 14 heavy (non-hydrogen) atoms. The molecule has 0 aromatic carbocycles. The van der Waals surface area contributed by atoms with Crippen molar-refractivity contribution >= 4 is 0 Å². The monoisotopic (exact) mass is 194 g/mol. The third-order valence-corrected chi connectivity index (χ3v) is 4.78. The van der Waals surface area contributed by atoms with Gasteiger partial charge in [-0.1, -0.05) is 32.4 Å². The summed E-state index contributed by atoms with van der Waals surface area (Å²) in [7, 11) is 0. The van der Waals surface area contributed by atoms with Crippen LogP contribution in [0.2, 0.25) is 0 Å². The molecule has 0 heterocycles. The van der Waals surface area contributed by atoms with Crippen LogP contribution < -0.4 is 0 Å². The van der Waals surface area contributed by atoms with Crippen molar-refractivity contribution in [2.75, 3.05) is 0 Å². The molecule has 0 saturated heterocycles. The van der Waals surface area contributed by atoms with Crippen LogP contribution >= 0.6 is 0 Å². The molecule has 4 unspecified atom stereocenters. The first-order chi connectivity index (χ1) is 6.56. The lowest BCUT2D eigenvalue weighted by molar-refractivity contribution is 0.0286. The Morgan fingerprint density at radius 2 is 2.21 bits per heavy atom. The lowest BCUT2D eigenvalue weighted by Gasteiger charge is -2.48. The maximum atomic E-state index is 9.79. The van der Waals surface area contributed by atoms with Crippen LogP contribution in [0.4, 0.5) is 0 Å². The van der Waals surface area contributed by atoms with Crippen LogP contribution in [-0.4, -0.2) is 11.2 Å². The smallest absolute Gasteiger partial charge is 0.0580 e. The highest BCUT2D eigenvalue weighted by atomic mass is 16.3. The fourth-order valence-corrected chi connectivity index (χ4v) is 3.36. The second kappa shape index (κ2) is 3.37. The Kier molecular flexibility index (Phi) is 2.46. The van der Waals surface area contributed by atoms with Crippen molar-refractivity contribution in [1.29, 1.82) is 0 Å². The van der Waals surface area contributed by atoms with Crippen molar-refractivity contribution in [3.8, 4) is 0 Å². The number of rotatable bonds is 1. The van der Waals surface area contributed by atoms with Gasteiger partial charge in [0.15, 0.2) is 0 Å². The largest absolute Gasteiger partial charge is 0.393 e. The highest BCUT2D eigenvalue weighted by Gasteiger charge is 2.43. The highest BCUT2D eigenvalue weighted by molar-refractivity contribution is 5.18. The van der Waals surface area contributed by atoms with Gasteiger partial charge in [-0.2, -0.15) is 0 Å². The normalized spacial score (nSPS) is 47.4. The first kappa shape index (κ1) is 10.2. The van der Waals surface area contributed by atoms with Gasteiger partial charge >= 0.3 is 0 Å². The Morgan fingerprint density at radius 3 is 2.86 bits per heavy atom. The van der Waals surface area contributed by atoms with E-state index >= 15 is 0 Å². The first-order valence-electron chi connectivity index (χ1n) is 5.94. The molecule has 0 amide bonds. The number of hydrogen-bond acceptors (Lipinski definition) is 1. The molecule has 0 aliphatic heterocycles. The third-order valence-electron chi connectivity index (χ3n) is 4.78. The minimum Gasteiger partial charge on any atom is -0.393 e. The first-order valence-corrected chi connectivity index (χ1v) is 5.94. The van der Waals surface area contributed by atoms with Crippen LogP contribution in [0.1, 0.15) is 46.5 Å². The van der Waals surface area contributed by atoms with Crippen LogP contribution in [0.25, 0.3) is 0 Å². The number of aliphatic hydroxyl groups excluding tert-OH is 1. The Balaban J connectivity index is 2.30. The van der Waals surface area contributed by atoms with Gasteiger partial charge in [-0.05, 0) is 42.9 Å². The van der Waals surface area contributed by atoms with Crippen molar-refractivity contribution in [2.45, 2.75) is 52.6 Å². The van der Waals surface area contributed by atoms with E-state index in [-0.39, 0.29) is 6.10 Å². The summed E-state index contributed by atoms with van der Waals surface area (Å²) in [6.07, 6.45) is 6.77. The molecule has 2 aliphatic carbocycles. The Hall–Kier alpha value is -0.300.